The molecule has 0 saturated carbocycles. The fraction of sp³-hybridized carbons (Fsp3) is 0.214. The van der Waals surface area contributed by atoms with E-state index in [0.717, 1.165) is 22.6 Å². The molecule has 0 bridgehead atoms. The maximum atomic E-state index is 5.88. The molecule has 0 fully saturated rings. The third-order valence-electron chi connectivity index (χ3n) is 3.18. The standard InChI is InChI=1S/C14H11Cl2N3/c15-11-4-1-9(2-5-11)12-7-13(19-18-12)10-3-6-14(16)17-8-10/h1-6,8,12-13H,7H2. The molecule has 3 nitrogen and oxygen atoms in total. The van der Waals surface area contributed by atoms with Crippen molar-refractivity contribution in [2.45, 2.75) is 18.5 Å². The largest absolute Gasteiger partial charge is 0.244 e. The summed E-state index contributed by atoms with van der Waals surface area (Å²) < 4.78 is 0. The molecule has 0 N–H and O–H groups in total. The van der Waals surface area contributed by atoms with Crippen molar-refractivity contribution in [2.24, 2.45) is 10.2 Å². The lowest BCUT2D eigenvalue weighted by atomic mass is 9.98. The van der Waals surface area contributed by atoms with Crippen molar-refractivity contribution < 1.29 is 0 Å². The predicted molar refractivity (Wildman–Crippen MR) is 75.7 cm³/mol. The van der Waals surface area contributed by atoms with Crippen LogP contribution in [0.15, 0.2) is 52.8 Å². The number of hydrogen-bond donors (Lipinski definition) is 0. The molecule has 0 radical (unpaired) electrons. The molecule has 1 aromatic heterocycles. The Hall–Kier alpha value is -1.45. The highest BCUT2D eigenvalue weighted by Crippen LogP contribution is 2.38. The molecule has 19 heavy (non-hydrogen) atoms. The van der Waals surface area contributed by atoms with Gasteiger partial charge in [0.25, 0.3) is 0 Å². The first-order valence-corrected chi connectivity index (χ1v) is 6.75. The zero-order valence-corrected chi connectivity index (χ0v) is 11.5. The lowest BCUT2D eigenvalue weighted by Crippen LogP contribution is -1.97. The maximum Gasteiger partial charge on any atom is 0.129 e. The van der Waals surface area contributed by atoms with Crippen LogP contribution < -0.4 is 0 Å². The third kappa shape index (κ3) is 2.77. The molecule has 0 aliphatic carbocycles. The molecule has 1 aromatic carbocycles. The summed E-state index contributed by atoms with van der Waals surface area (Å²) in [5.41, 5.74) is 2.18. The quantitative estimate of drug-likeness (QED) is 0.715. The SMILES string of the molecule is Clc1ccc(C2CC(c3ccc(Cl)nc3)N=N2)cc1. The van der Waals surface area contributed by atoms with Crippen molar-refractivity contribution in [1.82, 2.24) is 4.98 Å². The number of halogens is 2. The Labute approximate surface area is 121 Å². The van der Waals surface area contributed by atoms with Crippen LogP contribution in [0, 0.1) is 0 Å². The first-order valence-electron chi connectivity index (χ1n) is 5.99. The number of rotatable bonds is 2. The normalized spacial score (nSPS) is 21.8. The molecular formula is C14H11Cl2N3. The van der Waals surface area contributed by atoms with Gasteiger partial charge in [-0.1, -0.05) is 41.4 Å². The van der Waals surface area contributed by atoms with Crippen LogP contribution in [0.3, 0.4) is 0 Å². The van der Waals surface area contributed by atoms with Crippen LogP contribution in [0.1, 0.15) is 29.6 Å². The Bertz CT molecular complexity index is 540. The van der Waals surface area contributed by atoms with E-state index in [9.17, 15) is 0 Å². The van der Waals surface area contributed by atoms with E-state index >= 15 is 0 Å². The zero-order chi connectivity index (χ0) is 13.2. The first kappa shape index (κ1) is 12.6. The predicted octanol–water partition coefficient (Wildman–Crippen LogP) is 5.03. The minimum Gasteiger partial charge on any atom is -0.244 e. The number of pyridine rings is 1. The van der Waals surface area contributed by atoms with E-state index in [1.165, 1.54) is 0 Å². The smallest absolute Gasteiger partial charge is 0.129 e. The second-order valence-electron chi connectivity index (χ2n) is 4.46. The van der Waals surface area contributed by atoms with Crippen molar-refractivity contribution in [3.8, 4) is 0 Å². The summed E-state index contributed by atoms with van der Waals surface area (Å²) in [4.78, 5) is 4.08. The van der Waals surface area contributed by atoms with Gasteiger partial charge in [-0.3, -0.25) is 0 Å². The monoisotopic (exact) mass is 291 g/mol. The molecule has 1 aliphatic heterocycles. The van der Waals surface area contributed by atoms with Gasteiger partial charge in [0.05, 0.1) is 12.1 Å². The molecule has 0 saturated heterocycles. The third-order valence-corrected chi connectivity index (χ3v) is 3.66. The minimum absolute atomic E-state index is 0.0606. The second-order valence-corrected chi connectivity index (χ2v) is 5.29. The number of benzene rings is 1. The average Bonchev–Trinajstić information content (AvgIpc) is 2.90. The molecule has 0 spiro atoms. The summed E-state index contributed by atoms with van der Waals surface area (Å²) in [5, 5.41) is 9.89. The van der Waals surface area contributed by atoms with Crippen LogP contribution in [0.25, 0.3) is 0 Å². The van der Waals surface area contributed by atoms with Crippen molar-refractivity contribution in [3.05, 3.63) is 63.9 Å². The van der Waals surface area contributed by atoms with Crippen LogP contribution >= 0.6 is 23.2 Å². The van der Waals surface area contributed by atoms with Gasteiger partial charge in [-0.2, -0.15) is 10.2 Å². The molecule has 2 unspecified atom stereocenters. The van der Waals surface area contributed by atoms with Gasteiger partial charge in [0.2, 0.25) is 0 Å². The summed E-state index contributed by atoms with van der Waals surface area (Å²) in [7, 11) is 0. The number of nitrogens with zero attached hydrogens (tertiary/aromatic N) is 3. The van der Waals surface area contributed by atoms with E-state index < -0.39 is 0 Å². The van der Waals surface area contributed by atoms with Crippen molar-refractivity contribution in [2.75, 3.05) is 0 Å². The molecular weight excluding hydrogens is 281 g/mol. The summed E-state index contributed by atoms with van der Waals surface area (Å²) >= 11 is 11.7. The Kier molecular flexibility index (Phi) is 3.49. The summed E-state index contributed by atoms with van der Waals surface area (Å²) in [6.45, 7) is 0. The fourth-order valence-corrected chi connectivity index (χ4v) is 2.38. The highest BCUT2D eigenvalue weighted by Gasteiger charge is 2.24. The van der Waals surface area contributed by atoms with Gasteiger partial charge in [-0.25, -0.2) is 4.98 Å². The fourth-order valence-electron chi connectivity index (χ4n) is 2.14. The Balaban J connectivity index is 1.76. The average molecular weight is 292 g/mol. The lowest BCUT2D eigenvalue weighted by Gasteiger charge is -2.09. The van der Waals surface area contributed by atoms with E-state index in [1.807, 2.05) is 30.3 Å². The van der Waals surface area contributed by atoms with Crippen LogP contribution in [0.5, 0.6) is 0 Å². The molecule has 1 aliphatic rings. The zero-order valence-electron chi connectivity index (χ0n) is 10.0. The van der Waals surface area contributed by atoms with Crippen molar-refractivity contribution in [1.29, 1.82) is 0 Å². The van der Waals surface area contributed by atoms with Gasteiger partial charge >= 0.3 is 0 Å². The molecule has 0 amide bonds. The molecule has 5 heteroatoms. The van der Waals surface area contributed by atoms with Crippen LogP contribution in [-0.2, 0) is 0 Å². The lowest BCUT2D eigenvalue weighted by molar-refractivity contribution is 0.657. The van der Waals surface area contributed by atoms with Crippen LogP contribution in [-0.4, -0.2) is 4.98 Å². The van der Waals surface area contributed by atoms with E-state index in [2.05, 4.69) is 15.2 Å². The van der Waals surface area contributed by atoms with Gasteiger partial charge in [0.15, 0.2) is 0 Å². The van der Waals surface area contributed by atoms with Crippen LogP contribution in [0.4, 0.5) is 0 Å². The van der Waals surface area contributed by atoms with Crippen molar-refractivity contribution in [3.63, 3.8) is 0 Å². The van der Waals surface area contributed by atoms with Gasteiger partial charge in [-0.05, 0) is 29.3 Å². The minimum atomic E-state index is 0.0606. The number of hydrogen-bond acceptors (Lipinski definition) is 3. The number of aromatic nitrogens is 1. The molecule has 2 aromatic rings. The second kappa shape index (κ2) is 5.27. The summed E-state index contributed by atoms with van der Waals surface area (Å²) in [6.07, 6.45) is 2.61. The van der Waals surface area contributed by atoms with Crippen LogP contribution in [0.2, 0.25) is 10.2 Å². The molecule has 96 valence electrons. The van der Waals surface area contributed by atoms with Crippen molar-refractivity contribution >= 4 is 23.2 Å². The van der Waals surface area contributed by atoms with E-state index in [4.69, 9.17) is 23.2 Å². The molecule has 2 atom stereocenters. The Morgan fingerprint density at radius 2 is 1.47 bits per heavy atom. The molecule has 2 heterocycles. The Morgan fingerprint density at radius 3 is 2.11 bits per heavy atom. The van der Waals surface area contributed by atoms with E-state index in [0.29, 0.717) is 5.15 Å². The Morgan fingerprint density at radius 1 is 0.842 bits per heavy atom. The summed E-state index contributed by atoms with van der Waals surface area (Å²) in [5.74, 6) is 0. The highest BCUT2D eigenvalue weighted by molar-refractivity contribution is 6.30. The number of azo groups is 1. The first-order chi connectivity index (χ1) is 9.22. The van der Waals surface area contributed by atoms with E-state index in [1.54, 1.807) is 12.3 Å². The van der Waals surface area contributed by atoms with Gasteiger partial charge in [-0.15, -0.1) is 0 Å². The highest BCUT2D eigenvalue weighted by atomic mass is 35.5. The topological polar surface area (TPSA) is 37.6 Å². The molecule has 3 rings (SSSR count). The van der Waals surface area contributed by atoms with Gasteiger partial charge < -0.3 is 0 Å². The summed E-state index contributed by atoms with van der Waals surface area (Å²) in [6, 6.07) is 11.6. The maximum absolute atomic E-state index is 5.88. The van der Waals surface area contributed by atoms with Gasteiger partial charge in [0.1, 0.15) is 5.15 Å². The van der Waals surface area contributed by atoms with Gasteiger partial charge in [0, 0.05) is 17.6 Å². The van der Waals surface area contributed by atoms with E-state index in [-0.39, 0.29) is 12.1 Å².